The Kier molecular flexibility index (Phi) is 3.05. The molecule has 0 aliphatic heterocycles. The summed E-state index contributed by atoms with van der Waals surface area (Å²) in [5, 5.41) is 2.67. The second-order valence-electron chi connectivity index (χ2n) is 4.48. The number of pyridine rings is 1. The van der Waals surface area contributed by atoms with Gasteiger partial charge in [-0.2, -0.15) is 13.2 Å². The van der Waals surface area contributed by atoms with Crippen LogP contribution in [-0.4, -0.2) is 9.97 Å². The lowest BCUT2D eigenvalue weighted by molar-refractivity contribution is -0.141. The second-order valence-corrected chi connectivity index (χ2v) is 4.48. The van der Waals surface area contributed by atoms with Crippen LogP contribution in [0.3, 0.4) is 0 Å². The highest BCUT2D eigenvalue weighted by Gasteiger charge is 2.32. The fourth-order valence-corrected chi connectivity index (χ4v) is 1.89. The lowest BCUT2D eigenvalue weighted by Crippen LogP contribution is -2.10. The minimum atomic E-state index is -4.57. The molecule has 22 heavy (non-hydrogen) atoms. The number of H-pyrrole nitrogens is 1. The van der Waals surface area contributed by atoms with Crippen molar-refractivity contribution in [1.82, 2.24) is 9.97 Å². The molecule has 3 aromatic rings. The van der Waals surface area contributed by atoms with E-state index in [2.05, 4.69) is 15.3 Å². The third-order valence-corrected chi connectivity index (χ3v) is 2.90. The highest BCUT2D eigenvalue weighted by atomic mass is 19.4. The average Bonchev–Trinajstić information content (AvgIpc) is 2.79. The number of rotatable bonds is 2. The Hall–Kier alpha value is -2.97. The van der Waals surface area contributed by atoms with Gasteiger partial charge < -0.3 is 15.5 Å². The van der Waals surface area contributed by atoms with Crippen LogP contribution in [0.5, 0.6) is 0 Å². The zero-order valence-electron chi connectivity index (χ0n) is 10.9. The van der Waals surface area contributed by atoms with Gasteiger partial charge in [-0.3, -0.25) is 4.98 Å². The summed E-state index contributed by atoms with van der Waals surface area (Å²) >= 11 is 0. The van der Waals surface area contributed by atoms with Gasteiger partial charge in [0.05, 0.1) is 11.2 Å². The summed E-state index contributed by atoms with van der Waals surface area (Å²) in [5.41, 5.74) is 5.75. The van der Waals surface area contributed by atoms with Crippen molar-refractivity contribution in [3.05, 3.63) is 46.6 Å². The first kappa shape index (κ1) is 14.0. The van der Waals surface area contributed by atoms with Crippen molar-refractivity contribution in [2.24, 2.45) is 0 Å². The molecule has 0 aliphatic rings. The second kappa shape index (κ2) is 4.79. The molecular formula is C13H9F3N4O2. The molecule has 6 nitrogen and oxygen atoms in total. The number of anilines is 3. The quantitative estimate of drug-likeness (QED) is 0.676. The van der Waals surface area contributed by atoms with Crippen LogP contribution in [0, 0.1) is 0 Å². The fourth-order valence-electron chi connectivity index (χ4n) is 1.89. The summed E-state index contributed by atoms with van der Waals surface area (Å²) in [4.78, 5) is 17.0. The Bertz CT molecular complexity index is 898. The Labute approximate surface area is 120 Å². The predicted molar refractivity (Wildman–Crippen MR) is 73.8 cm³/mol. The predicted octanol–water partition coefficient (Wildman–Crippen LogP) is 2.86. The molecule has 0 amide bonds. The van der Waals surface area contributed by atoms with Crippen LogP contribution in [0.4, 0.5) is 30.4 Å². The van der Waals surface area contributed by atoms with Crippen molar-refractivity contribution in [2.45, 2.75) is 6.18 Å². The van der Waals surface area contributed by atoms with Gasteiger partial charge in [0.1, 0.15) is 5.69 Å². The van der Waals surface area contributed by atoms with Gasteiger partial charge in [0.25, 0.3) is 0 Å². The van der Waals surface area contributed by atoms with Crippen LogP contribution in [-0.2, 0) is 6.18 Å². The minimum Gasteiger partial charge on any atom is -0.408 e. The maximum atomic E-state index is 12.7. The normalized spacial score (nSPS) is 11.8. The number of hydrogen-bond acceptors (Lipinski definition) is 5. The number of nitrogen functional groups attached to an aromatic ring is 1. The number of halogens is 3. The van der Waals surface area contributed by atoms with Gasteiger partial charge in [-0.25, -0.2) is 9.78 Å². The third-order valence-electron chi connectivity index (χ3n) is 2.90. The molecule has 9 heteroatoms. The number of aromatic amines is 1. The van der Waals surface area contributed by atoms with Gasteiger partial charge in [0.15, 0.2) is 11.4 Å². The molecule has 2 aromatic heterocycles. The Morgan fingerprint density at radius 3 is 2.73 bits per heavy atom. The molecule has 0 atom stereocenters. The minimum absolute atomic E-state index is 0.0589. The lowest BCUT2D eigenvalue weighted by Gasteiger charge is -2.11. The highest BCUT2D eigenvalue weighted by molar-refractivity contribution is 5.79. The summed E-state index contributed by atoms with van der Waals surface area (Å²) < 4.78 is 42.9. The van der Waals surface area contributed by atoms with Crippen LogP contribution in [0.1, 0.15) is 5.69 Å². The summed E-state index contributed by atoms with van der Waals surface area (Å²) in [5.74, 6) is -0.754. The monoisotopic (exact) mass is 310 g/mol. The number of nitrogens with zero attached hydrogens (tertiary/aromatic N) is 1. The Morgan fingerprint density at radius 1 is 1.23 bits per heavy atom. The van der Waals surface area contributed by atoms with Crippen molar-refractivity contribution >= 4 is 28.3 Å². The number of nitrogens with two attached hydrogens (primary N) is 1. The van der Waals surface area contributed by atoms with Gasteiger partial charge in [0.2, 0.25) is 0 Å². The summed E-state index contributed by atoms with van der Waals surface area (Å²) in [7, 11) is 0. The molecule has 0 fully saturated rings. The van der Waals surface area contributed by atoms with Crippen LogP contribution >= 0.6 is 0 Å². The van der Waals surface area contributed by atoms with E-state index in [9.17, 15) is 18.0 Å². The average molecular weight is 310 g/mol. The molecule has 0 unspecified atom stereocenters. The van der Waals surface area contributed by atoms with Crippen molar-refractivity contribution in [3.63, 3.8) is 0 Å². The van der Waals surface area contributed by atoms with Gasteiger partial charge in [-0.05, 0) is 24.3 Å². The van der Waals surface area contributed by atoms with Crippen LogP contribution in [0.15, 0.2) is 39.5 Å². The number of alkyl halides is 3. The summed E-state index contributed by atoms with van der Waals surface area (Å²) in [6.45, 7) is 0. The van der Waals surface area contributed by atoms with E-state index in [0.29, 0.717) is 11.2 Å². The smallest absolute Gasteiger partial charge is 0.408 e. The van der Waals surface area contributed by atoms with E-state index in [1.807, 2.05) is 0 Å². The van der Waals surface area contributed by atoms with Gasteiger partial charge >= 0.3 is 11.9 Å². The topological polar surface area (TPSA) is 96.9 Å². The van der Waals surface area contributed by atoms with E-state index < -0.39 is 17.6 Å². The maximum absolute atomic E-state index is 12.7. The SMILES string of the molecule is Nc1ccc(C(F)(F)F)nc1Nc1ccc2[nH]c(=O)oc2c1. The molecule has 0 saturated carbocycles. The number of hydrogen-bond donors (Lipinski definition) is 3. The number of fused-ring (bicyclic) bond motifs is 1. The highest BCUT2D eigenvalue weighted by Crippen LogP contribution is 2.31. The Balaban J connectivity index is 1.98. The van der Waals surface area contributed by atoms with E-state index in [0.717, 1.165) is 12.1 Å². The first-order valence-corrected chi connectivity index (χ1v) is 6.06. The van der Waals surface area contributed by atoms with E-state index in [1.165, 1.54) is 6.07 Å². The molecule has 0 saturated heterocycles. The molecule has 0 aliphatic carbocycles. The van der Waals surface area contributed by atoms with Gasteiger partial charge in [-0.1, -0.05) is 0 Å². The standard InChI is InChI=1S/C13H9F3N4O2/c14-13(15,16)10-4-2-7(17)11(20-10)18-6-1-3-8-9(5-6)22-12(21)19-8/h1-5H,17H2,(H,18,20)(H,19,21). The number of nitrogens with one attached hydrogen (secondary N) is 2. The molecule has 0 bridgehead atoms. The van der Waals surface area contributed by atoms with Gasteiger partial charge in [0, 0.05) is 11.8 Å². The van der Waals surface area contributed by atoms with Crippen molar-refractivity contribution in [1.29, 1.82) is 0 Å². The lowest BCUT2D eigenvalue weighted by atomic mass is 10.2. The van der Waals surface area contributed by atoms with E-state index >= 15 is 0 Å². The summed E-state index contributed by atoms with van der Waals surface area (Å²) in [6, 6.07) is 6.47. The zero-order chi connectivity index (χ0) is 15.9. The van der Waals surface area contributed by atoms with E-state index in [-0.39, 0.29) is 17.1 Å². The zero-order valence-corrected chi connectivity index (χ0v) is 10.9. The molecule has 0 spiro atoms. The van der Waals surface area contributed by atoms with Crippen molar-refractivity contribution < 1.29 is 17.6 Å². The number of benzene rings is 1. The van der Waals surface area contributed by atoms with Crippen molar-refractivity contribution in [2.75, 3.05) is 11.1 Å². The number of oxazole rings is 1. The molecule has 1 aromatic carbocycles. The fraction of sp³-hybridized carbons (Fsp3) is 0.0769. The van der Waals surface area contributed by atoms with Crippen LogP contribution in [0.25, 0.3) is 11.1 Å². The van der Waals surface area contributed by atoms with Gasteiger partial charge in [-0.15, -0.1) is 0 Å². The Morgan fingerprint density at radius 2 is 2.00 bits per heavy atom. The van der Waals surface area contributed by atoms with Crippen LogP contribution < -0.4 is 16.8 Å². The molecule has 3 rings (SSSR count). The largest absolute Gasteiger partial charge is 0.433 e. The summed E-state index contributed by atoms with van der Waals surface area (Å²) in [6.07, 6.45) is -4.57. The van der Waals surface area contributed by atoms with Crippen LogP contribution in [0.2, 0.25) is 0 Å². The van der Waals surface area contributed by atoms with Crippen molar-refractivity contribution in [3.8, 4) is 0 Å². The maximum Gasteiger partial charge on any atom is 0.433 e. The molecule has 114 valence electrons. The first-order valence-electron chi connectivity index (χ1n) is 6.06. The first-order chi connectivity index (χ1) is 10.3. The number of aromatic nitrogens is 2. The molecule has 4 N–H and O–H groups in total. The van der Waals surface area contributed by atoms with E-state index in [4.69, 9.17) is 10.2 Å². The third kappa shape index (κ3) is 2.60. The molecular weight excluding hydrogens is 301 g/mol. The molecule has 2 heterocycles. The van der Waals surface area contributed by atoms with E-state index in [1.54, 1.807) is 12.1 Å². The molecule has 0 radical (unpaired) electrons.